The van der Waals surface area contributed by atoms with Crippen molar-refractivity contribution in [3.8, 4) is 0 Å². The van der Waals surface area contributed by atoms with Gasteiger partial charge < -0.3 is 10.0 Å². The zero-order valence-corrected chi connectivity index (χ0v) is 12.5. The van der Waals surface area contributed by atoms with Gasteiger partial charge in [0.15, 0.2) is 0 Å². The molecule has 0 spiro atoms. The SMILES string of the molecule is CCc1ccc(C(O)CN(C)c2cccc(C)c2)cc1. The molecular weight excluding hydrogens is 246 g/mol. The molecule has 0 bridgehead atoms. The number of hydrogen-bond donors (Lipinski definition) is 1. The van der Waals surface area contributed by atoms with Crippen molar-refractivity contribution in [2.24, 2.45) is 0 Å². The molecule has 0 saturated carbocycles. The first kappa shape index (κ1) is 14.6. The van der Waals surface area contributed by atoms with Crippen molar-refractivity contribution >= 4 is 5.69 Å². The largest absolute Gasteiger partial charge is 0.387 e. The Morgan fingerprint density at radius 1 is 1.10 bits per heavy atom. The van der Waals surface area contributed by atoms with Crippen LogP contribution in [0.1, 0.15) is 29.7 Å². The first-order chi connectivity index (χ1) is 9.60. The molecule has 106 valence electrons. The third-order valence-electron chi connectivity index (χ3n) is 3.66. The van der Waals surface area contributed by atoms with Crippen molar-refractivity contribution in [2.75, 3.05) is 18.5 Å². The van der Waals surface area contributed by atoms with E-state index in [0.717, 1.165) is 17.7 Å². The molecule has 20 heavy (non-hydrogen) atoms. The van der Waals surface area contributed by atoms with Crippen LogP contribution in [0, 0.1) is 6.92 Å². The molecule has 2 aromatic carbocycles. The van der Waals surface area contributed by atoms with Gasteiger partial charge in [-0.1, -0.05) is 43.3 Å². The summed E-state index contributed by atoms with van der Waals surface area (Å²) in [6, 6.07) is 16.5. The maximum Gasteiger partial charge on any atom is 0.0964 e. The van der Waals surface area contributed by atoms with Gasteiger partial charge in [0, 0.05) is 19.3 Å². The third kappa shape index (κ3) is 3.61. The minimum absolute atomic E-state index is 0.466. The van der Waals surface area contributed by atoms with Gasteiger partial charge >= 0.3 is 0 Å². The predicted octanol–water partition coefficient (Wildman–Crippen LogP) is 3.73. The van der Waals surface area contributed by atoms with E-state index >= 15 is 0 Å². The van der Waals surface area contributed by atoms with Crippen molar-refractivity contribution in [1.82, 2.24) is 0 Å². The van der Waals surface area contributed by atoms with Crippen molar-refractivity contribution < 1.29 is 5.11 Å². The molecule has 0 aliphatic carbocycles. The second kappa shape index (κ2) is 6.58. The molecule has 0 aliphatic heterocycles. The van der Waals surface area contributed by atoms with Crippen LogP contribution >= 0.6 is 0 Å². The standard InChI is InChI=1S/C18H23NO/c1-4-15-8-10-16(11-9-15)18(20)13-19(3)17-7-5-6-14(2)12-17/h5-12,18,20H,4,13H2,1-3H3. The summed E-state index contributed by atoms with van der Waals surface area (Å²) in [5.41, 5.74) is 4.64. The summed E-state index contributed by atoms with van der Waals surface area (Å²) >= 11 is 0. The molecule has 2 heteroatoms. The highest BCUT2D eigenvalue weighted by molar-refractivity contribution is 5.48. The average Bonchev–Trinajstić information content (AvgIpc) is 2.47. The van der Waals surface area contributed by atoms with E-state index in [1.54, 1.807) is 0 Å². The van der Waals surface area contributed by atoms with Crippen LogP contribution in [0.2, 0.25) is 0 Å². The molecule has 1 atom stereocenters. The molecule has 2 rings (SSSR count). The normalized spacial score (nSPS) is 12.2. The van der Waals surface area contributed by atoms with Gasteiger partial charge in [0.05, 0.1) is 6.10 Å². The molecule has 2 aromatic rings. The van der Waals surface area contributed by atoms with Gasteiger partial charge in [0.25, 0.3) is 0 Å². The number of hydrogen-bond acceptors (Lipinski definition) is 2. The number of benzene rings is 2. The van der Waals surface area contributed by atoms with Gasteiger partial charge in [-0.05, 0) is 42.2 Å². The second-order valence-electron chi connectivity index (χ2n) is 5.33. The number of aliphatic hydroxyl groups is 1. The molecule has 0 aromatic heterocycles. The third-order valence-corrected chi connectivity index (χ3v) is 3.66. The van der Waals surface area contributed by atoms with Crippen molar-refractivity contribution in [1.29, 1.82) is 0 Å². The van der Waals surface area contributed by atoms with Gasteiger partial charge in [-0.25, -0.2) is 0 Å². The molecule has 1 N–H and O–H groups in total. The minimum Gasteiger partial charge on any atom is -0.387 e. The Morgan fingerprint density at radius 3 is 2.40 bits per heavy atom. The van der Waals surface area contributed by atoms with Crippen LogP contribution in [0.5, 0.6) is 0 Å². The van der Waals surface area contributed by atoms with Crippen molar-refractivity contribution in [3.05, 3.63) is 65.2 Å². The summed E-state index contributed by atoms with van der Waals surface area (Å²) in [4.78, 5) is 2.09. The molecule has 0 amide bonds. The fourth-order valence-corrected chi connectivity index (χ4v) is 2.31. The molecule has 0 heterocycles. The lowest BCUT2D eigenvalue weighted by Gasteiger charge is -2.23. The molecule has 0 saturated heterocycles. The second-order valence-corrected chi connectivity index (χ2v) is 5.33. The highest BCUT2D eigenvalue weighted by atomic mass is 16.3. The Hall–Kier alpha value is -1.80. The van der Waals surface area contributed by atoms with Gasteiger partial charge in [0.1, 0.15) is 0 Å². The topological polar surface area (TPSA) is 23.5 Å². The van der Waals surface area contributed by atoms with E-state index in [1.165, 1.54) is 11.1 Å². The smallest absolute Gasteiger partial charge is 0.0964 e. The molecular formula is C18H23NO. The minimum atomic E-state index is -0.466. The van der Waals surface area contributed by atoms with E-state index in [1.807, 2.05) is 25.2 Å². The van der Waals surface area contributed by atoms with Gasteiger partial charge in [-0.15, -0.1) is 0 Å². The van der Waals surface area contributed by atoms with Crippen LogP contribution in [0.4, 0.5) is 5.69 Å². The molecule has 0 aliphatic rings. The summed E-state index contributed by atoms with van der Waals surface area (Å²) in [6.45, 7) is 4.81. The molecule has 0 fully saturated rings. The highest BCUT2D eigenvalue weighted by Crippen LogP contribution is 2.20. The lowest BCUT2D eigenvalue weighted by molar-refractivity contribution is 0.185. The summed E-state index contributed by atoms with van der Waals surface area (Å²) in [5, 5.41) is 10.3. The van der Waals surface area contributed by atoms with E-state index in [2.05, 4.69) is 49.1 Å². The number of aliphatic hydroxyl groups excluding tert-OH is 1. The van der Waals surface area contributed by atoms with Crippen LogP contribution in [0.15, 0.2) is 48.5 Å². The van der Waals surface area contributed by atoms with E-state index in [9.17, 15) is 5.11 Å². The van der Waals surface area contributed by atoms with Crippen molar-refractivity contribution in [2.45, 2.75) is 26.4 Å². The molecule has 1 unspecified atom stereocenters. The molecule has 2 nitrogen and oxygen atoms in total. The van der Waals surface area contributed by atoms with Gasteiger partial charge in [-0.2, -0.15) is 0 Å². The zero-order valence-electron chi connectivity index (χ0n) is 12.5. The quantitative estimate of drug-likeness (QED) is 0.894. The zero-order chi connectivity index (χ0) is 14.5. The number of aryl methyl sites for hydroxylation is 2. The van der Waals surface area contributed by atoms with Crippen LogP contribution < -0.4 is 4.90 Å². The first-order valence-corrected chi connectivity index (χ1v) is 7.15. The number of likely N-dealkylation sites (N-methyl/N-ethyl adjacent to an activating group) is 1. The maximum atomic E-state index is 10.3. The predicted molar refractivity (Wildman–Crippen MR) is 85.2 cm³/mol. The number of nitrogens with zero attached hydrogens (tertiary/aromatic N) is 1. The van der Waals surface area contributed by atoms with E-state index in [4.69, 9.17) is 0 Å². The summed E-state index contributed by atoms with van der Waals surface area (Å²) < 4.78 is 0. The first-order valence-electron chi connectivity index (χ1n) is 7.15. The monoisotopic (exact) mass is 269 g/mol. The van der Waals surface area contributed by atoms with Gasteiger partial charge in [0.2, 0.25) is 0 Å². The Labute approximate surface area is 121 Å². The Morgan fingerprint density at radius 2 is 1.80 bits per heavy atom. The summed E-state index contributed by atoms with van der Waals surface area (Å²) in [5.74, 6) is 0. The van der Waals surface area contributed by atoms with E-state index < -0.39 is 6.10 Å². The van der Waals surface area contributed by atoms with Crippen LogP contribution in [-0.2, 0) is 6.42 Å². The highest BCUT2D eigenvalue weighted by Gasteiger charge is 2.11. The summed E-state index contributed by atoms with van der Waals surface area (Å²) in [6.07, 6.45) is 0.561. The van der Waals surface area contributed by atoms with Crippen LogP contribution in [0.25, 0.3) is 0 Å². The lowest BCUT2D eigenvalue weighted by atomic mass is 10.1. The fraction of sp³-hybridized carbons (Fsp3) is 0.333. The van der Waals surface area contributed by atoms with E-state index in [0.29, 0.717) is 6.54 Å². The van der Waals surface area contributed by atoms with E-state index in [-0.39, 0.29) is 0 Å². The summed E-state index contributed by atoms with van der Waals surface area (Å²) in [7, 11) is 2.01. The van der Waals surface area contributed by atoms with Crippen molar-refractivity contribution in [3.63, 3.8) is 0 Å². The fourth-order valence-electron chi connectivity index (χ4n) is 2.31. The maximum absolute atomic E-state index is 10.3. The lowest BCUT2D eigenvalue weighted by Crippen LogP contribution is -2.24. The Kier molecular flexibility index (Phi) is 4.80. The Bertz CT molecular complexity index is 548. The average molecular weight is 269 g/mol. The molecule has 0 radical (unpaired) electrons. The number of anilines is 1. The Balaban J connectivity index is 2.04. The van der Waals surface area contributed by atoms with Crippen LogP contribution in [0.3, 0.4) is 0 Å². The van der Waals surface area contributed by atoms with Gasteiger partial charge in [-0.3, -0.25) is 0 Å². The number of rotatable bonds is 5. The van der Waals surface area contributed by atoms with Crippen LogP contribution in [-0.4, -0.2) is 18.7 Å².